The Morgan fingerprint density at radius 1 is 0.962 bits per heavy atom. The lowest BCUT2D eigenvalue weighted by Crippen LogP contribution is -2.29. The van der Waals surface area contributed by atoms with Crippen molar-refractivity contribution < 1.29 is 28.7 Å². The first-order valence-corrected chi connectivity index (χ1v) is 19.5. The number of nitrogens with zero attached hydrogens (tertiary/aromatic N) is 3. The number of aliphatic carboxylic acids is 1. The Bertz CT molecular complexity index is 1800. The lowest BCUT2D eigenvalue weighted by atomic mass is 9.96. The number of aryl methyl sites for hydroxylation is 2. The fraction of sp³-hybridized carbons (Fsp3) is 0.390. The van der Waals surface area contributed by atoms with Crippen LogP contribution in [-0.2, 0) is 37.8 Å². The summed E-state index contributed by atoms with van der Waals surface area (Å²) >= 11 is -1.26. The molecule has 0 fully saturated rings. The number of rotatable bonds is 18. The van der Waals surface area contributed by atoms with Crippen LogP contribution in [0.5, 0.6) is 5.75 Å². The van der Waals surface area contributed by atoms with Gasteiger partial charge in [0.05, 0.1) is 30.7 Å². The van der Waals surface area contributed by atoms with Gasteiger partial charge in [-0.15, -0.1) is 0 Å². The summed E-state index contributed by atoms with van der Waals surface area (Å²) in [5.41, 5.74) is 6.82. The van der Waals surface area contributed by atoms with E-state index in [0.717, 1.165) is 71.9 Å². The molecule has 52 heavy (non-hydrogen) atoms. The number of carboxylic acid groups (broad SMARTS) is 1. The molecule has 0 unspecified atom stereocenters. The van der Waals surface area contributed by atoms with Crippen LogP contribution in [0, 0.1) is 6.92 Å². The Morgan fingerprint density at radius 2 is 1.73 bits per heavy atom. The molecule has 11 heteroatoms. The number of anilines is 2. The quantitative estimate of drug-likeness (QED) is 0.0783. The summed E-state index contributed by atoms with van der Waals surface area (Å²) in [6.07, 6.45) is 8.08. The molecule has 1 amide bonds. The number of carboxylic acids is 1. The molecular weight excluding hydrogens is 677 g/mol. The predicted octanol–water partition coefficient (Wildman–Crippen LogP) is 7.87. The Morgan fingerprint density at radius 3 is 2.46 bits per heavy atom. The molecule has 2 N–H and O–H groups in total. The summed E-state index contributed by atoms with van der Waals surface area (Å²) in [5, 5.41) is 12.4. The number of fused-ring (bicyclic) bond motifs is 1. The second-order valence-corrected chi connectivity index (χ2v) is 14.4. The summed E-state index contributed by atoms with van der Waals surface area (Å²) in [7, 11) is 0. The van der Waals surface area contributed by atoms with Crippen molar-refractivity contribution in [3.8, 4) is 16.9 Å². The van der Waals surface area contributed by atoms with Crippen LogP contribution < -0.4 is 15.0 Å². The molecule has 4 aromatic rings. The van der Waals surface area contributed by atoms with E-state index in [1.807, 2.05) is 55.7 Å². The van der Waals surface area contributed by atoms with Gasteiger partial charge in [-0.3, -0.25) is 9.59 Å². The highest BCUT2D eigenvalue weighted by molar-refractivity contribution is 7.90. The van der Waals surface area contributed by atoms with Gasteiger partial charge in [-0.1, -0.05) is 38.5 Å². The summed E-state index contributed by atoms with van der Waals surface area (Å²) in [4.78, 5) is 32.3. The van der Waals surface area contributed by atoms with E-state index >= 15 is 0 Å². The van der Waals surface area contributed by atoms with Gasteiger partial charge in [-0.2, -0.15) is 0 Å². The molecular formula is C41H50N4O6S. The molecule has 0 bridgehead atoms. The third-order valence-corrected chi connectivity index (χ3v) is 10.4. The van der Waals surface area contributed by atoms with E-state index in [4.69, 9.17) is 9.47 Å². The van der Waals surface area contributed by atoms with Crippen molar-refractivity contribution in [2.45, 2.75) is 76.5 Å². The molecule has 0 saturated carbocycles. The molecule has 1 aliphatic heterocycles. The van der Waals surface area contributed by atoms with Crippen molar-refractivity contribution in [1.82, 2.24) is 9.55 Å². The van der Waals surface area contributed by atoms with Gasteiger partial charge in [0.25, 0.3) is 5.91 Å². The Kier molecular flexibility index (Phi) is 14.4. The smallest absolute Gasteiger partial charge is 0.305 e. The highest BCUT2D eigenvalue weighted by Gasteiger charge is 2.21. The Hall–Kier alpha value is -4.58. The fourth-order valence-electron chi connectivity index (χ4n) is 6.17. The summed E-state index contributed by atoms with van der Waals surface area (Å²) in [6, 6.07) is 21.2. The minimum Gasteiger partial charge on any atom is -0.611 e. The van der Waals surface area contributed by atoms with Crippen molar-refractivity contribution in [3.05, 3.63) is 95.6 Å². The average Bonchev–Trinajstić information content (AvgIpc) is 3.47. The third-order valence-electron chi connectivity index (χ3n) is 9.05. The van der Waals surface area contributed by atoms with Gasteiger partial charge in [-0.05, 0) is 115 Å². The van der Waals surface area contributed by atoms with Gasteiger partial charge in [-0.25, -0.2) is 4.98 Å². The first-order chi connectivity index (χ1) is 25.2. The SMILES string of the molecule is CCCCOCCOc1ccc(-c2ccc3c(c2)/C=C(/C(=O)Nc2ccc([S@@+]([O-])Cc4c(C)ncn4CCC)cc2)CCCN3CCC(=O)O)cc1. The van der Waals surface area contributed by atoms with Gasteiger partial charge in [0.2, 0.25) is 0 Å². The first kappa shape index (κ1) is 38.6. The standard InChI is InChI=1S/C41H50N4O6S/c1-4-6-23-50-24-25-51-36-14-9-31(10-15-36)32-11-18-38-34(26-32)27-33(8-7-21-44(38)22-19-40(46)47)41(48)43-35-12-16-37(17-13-35)52(49)28-39-30(3)42-29-45(39)20-5-2/h9-18,26-27,29H,4-8,19-25,28H2,1-3H3,(H,43,48)(H,46,47)/b33-27+/t52-/m0/s1. The lowest BCUT2D eigenvalue weighted by Gasteiger charge is -2.28. The number of hydrogen-bond acceptors (Lipinski definition) is 7. The molecule has 1 atom stereocenters. The highest BCUT2D eigenvalue weighted by Crippen LogP contribution is 2.33. The predicted molar refractivity (Wildman–Crippen MR) is 207 cm³/mol. The topological polar surface area (TPSA) is 129 Å². The van der Waals surface area contributed by atoms with E-state index < -0.39 is 17.1 Å². The molecule has 2 heterocycles. The van der Waals surface area contributed by atoms with Crippen molar-refractivity contribution in [3.63, 3.8) is 0 Å². The molecule has 276 valence electrons. The molecule has 10 nitrogen and oxygen atoms in total. The Labute approximate surface area is 310 Å². The normalized spacial score (nSPS) is 14.5. The molecule has 5 rings (SSSR count). The van der Waals surface area contributed by atoms with E-state index in [0.29, 0.717) is 61.1 Å². The zero-order valence-electron chi connectivity index (χ0n) is 30.4. The maximum Gasteiger partial charge on any atom is 0.305 e. The van der Waals surface area contributed by atoms with Crippen molar-refractivity contribution in [2.24, 2.45) is 0 Å². The second kappa shape index (κ2) is 19.3. The first-order valence-electron chi connectivity index (χ1n) is 18.2. The zero-order chi connectivity index (χ0) is 36.9. The molecule has 1 aromatic heterocycles. The maximum atomic E-state index is 13.7. The fourth-order valence-corrected chi connectivity index (χ4v) is 7.40. The molecule has 0 radical (unpaired) electrons. The second-order valence-electron chi connectivity index (χ2n) is 13.0. The molecule has 1 aliphatic rings. The summed E-state index contributed by atoms with van der Waals surface area (Å²) in [6.45, 7) is 9.78. The number of aromatic nitrogens is 2. The summed E-state index contributed by atoms with van der Waals surface area (Å²) in [5.74, 6) is 0.0887. The van der Waals surface area contributed by atoms with Crippen LogP contribution in [0.4, 0.5) is 11.4 Å². The average molecular weight is 727 g/mol. The highest BCUT2D eigenvalue weighted by atomic mass is 32.2. The number of hydrogen-bond donors (Lipinski definition) is 2. The van der Waals surface area contributed by atoms with Gasteiger partial charge < -0.3 is 33.9 Å². The van der Waals surface area contributed by atoms with E-state index in [-0.39, 0.29) is 12.3 Å². The molecule has 0 aliphatic carbocycles. The number of amides is 1. The van der Waals surface area contributed by atoms with Crippen LogP contribution in [0.1, 0.15) is 69.3 Å². The molecule has 0 saturated heterocycles. The van der Waals surface area contributed by atoms with Gasteiger partial charge >= 0.3 is 5.97 Å². The van der Waals surface area contributed by atoms with E-state index in [2.05, 4.69) is 39.7 Å². The monoisotopic (exact) mass is 726 g/mol. The van der Waals surface area contributed by atoms with Crippen LogP contribution >= 0.6 is 0 Å². The van der Waals surface area contributed by atoms with Gasteiger partial charge in [0.15, 0.2) is 10.6 Å². The van der Waals surface area contributed by atoms with E-state index in [1.165, 1.54) is 0 Å². The summed E-state index contributed by atoms with van der Waals surface area (Å²) < 4.78 is 26.8. The minimum absolute atomic E-state index is 0.0200. The number of imidazole rings is 1. The van der Waals surface area contributed by atoms with Crippen molar-refractivity contribution >= 4 is 40.5 Å². The number of unbranched alkanes of at least 4 members (excludes halogenated alkanes) is 1. The van der Waals surface area contributed by atoms with Crippen molar-refractivity contribution in [1.29, 1.82) is 0 Å². The van der Waals surface area contributed by atoms with Crippen LogP contribution in [0.3, 0.4) is 0 Å². The van der Waals surface area contributed by atoms with Crippen LogP contribution in [0.15, 0.2) is 83.5 Å². The third kappa shape index (κ3) is 10.7. The minimum atomic E-state index is -1.26. The van der Waals surface area contributed by atoms with E-state index in [9.17, 15) is 19.2 Å². The number of carbonyl (C=O) groups is 2. The van der Waals surface area contributed by atoms with Gasteiger partial charge in [0.1, 0.15) is 12.4 Å². The molecule has 0 spiro atoms. The zero-order valence-corrected chi connectivity index (χ0v) is 31.3. The van der Waals surface area contributed by atoms with Crippen LogP contribution in [-0.4, -0.2) is 64.0 Å². The molecule has 3 aromatic carbocycles. The lowest BCUT2D eigenvalue weighted by molar-refractivity contribution is -0.136. The number of nitrogens with one attached hydrogen (secondary N) is 1. The van der Waals surface area contributed by atoms with Crippen LogP contribution in [0.2, 0.25) is 0 Å². The number of carbonyl (C=O) groups excluding carboxylic acids is 1. The number of benzene rings is 3. The largest absolute Gasteiger partial charge is 0.611 e. The van der Waals surface area contributed by atoms with Gasteiger partial charge in [0, 0.05) is 43.2 Å². The van der Waals surface area contributed by atoms with Crippen LogP contribution in [0.25, 0.3) is 17.2 Å². The van der Waals surface area contributed by atoms with Crippen molar-refractivity contribution in [2.75, 3.05) is 43.1 Å². The maximum absolute atomic E-state index is 13.7. The Balaban J connectivity index is 1.31. The van der Waals surface area contributed by atoms with E-state index in [1.54, 1.807) is 24.3 Å². The number of ether oxygens (including phenoxy) is 2.